The molecule has 294 valence electrons. The van der Waals surface area contributed by atoms with Crippen LogP contribution in [0.5, 0.6) is 0 Å². The maximum atomic E-state index is 2.42. The van der Waals surface area contributed by atoms with Gasteiger partial charge in [-0.2, -0.15) is 0 Å². The van der Waals surface area contributed by atoms with Gasteiger partial charge in [-0.05, 0) is 117 Å². The molecule has 3 aromatic heterocycles. The Labute approximate surface area is 368 Å². The third-order valence-corrected chi connectivity index (χ3v) is 14.1. The quantitative estimate of drug-likeness (QED) is 0.158. The molecular weight excluding hydrogens is 781 g/mol. The Morgan fingerprint density at radius 2 is 0.651 bits per heavy atom. The first kappa shape index (κ1) is 35.7. The molecule has 3 heteroatoms. The highest BCUT2D eigenvalue weighted by Gasteiger charge is 2.17. The van der Waals surface area contributed by atoms with Crippen LogP contribution in [0.3, 0.4) is 0 Å². The van der Waals surface area contributed by atoms with Crippen LogP contribution in [0.4, 0.5) is 0 Å². The number of hydrogen-bond acceptors (Lipinski definition) is 1. The SMILES string of the molecule is c1ccc(-c2cccc(-c3ccc4c(c3)c3ccccc3n4-c3ccc(-c4ccc(-c5ccc(-n6c7ccccc7c7cc8c(cc76)sc6ccccc68)cc5)cc4)cc3)c2)cc1. The van der Waals surface area contributed by atoms with Crippen molar-refractivity contribution in [3.8, 4) is 55.9 Å². The molecule has 0 radical (unpaired) electrons. The molecule has 0 aliphatic heterocycles. The minimum absolute atomic E-state index is 1.15. The summed E-state index contributed by atoms with van der Waals surface area (Å²) in [7, 11) is 0. The largest absolute Gasteiger partial charge is 0.309 e. The van der Waals surface area contributed by atoms with Crippen molar-refractivity contribution in [2.45, 2.75) is 0 Å². The molecule has 3 heterocycles. The number of hydrogen-bond donors (Lipinski definition) is 0. The lowest BCUT2D eigenvalue weighted by molar-refractivity contribution is 1.18. The molecule has 0 unspecified atom stereocenters. The molecule has 0 aliphatic carbocycles. The van der Waals surface area contributed by atoms with Gasteiger partial charge in [0, 0.05) is 53.1 Å². The maximum absolute atomic E-state index is 2.42. The second-order valence-electron chi connectivity index (χ2n) is 16.5. The molecule has 13 aromatic rings. The number of fused-ring (bicyclic) bond motifs is 9. The number of thiophene rings is 1. The smallest absolute Gasteiger partial charge is 0.0555 e. The van der Waals surface area contributed by atoms with Gasteiger partial charge in [-0.3, -0.25) is 0 Å². The van der Waals surface area contributed by atoms with E-state index in [0.29, 0.717) is 0 Å². The third-order valence-electron chi connectivity index (χ3n) is 12.9. The van der Waals surface area contributed by atoms with Crippen molar-refractivity contribution >= 4 is 75.1 Å². The molecule has 0 aliphatic rings. The highest BCUT2D eigenvalue weighted by atomic mass is 32.1. The van der Waals surface area contributed by atoms with Crippen molar-refractivity contribution in [3.63, 3.8) is 0 Å². The molecule has 0 saturated heterocycles. The van der Waals surface area contributed by atoms with E-state index in [0.717, 1.165) is 5.69 Å². The first-order valence-electron chi connectivity index (χ1n) is 21.6. The van der Waals surface area contributed by atoms with Gasteiger partial charge in [0.05, 0.1) is 22.1 Å². The molecule has 63 heavy (non-hydrogen) atoms. The van der Waals surface area contributed by atoms with Gasteiger partial charge in [-0.1, -0.05) is 158 Å². The molecule has 0 amide bonds. The van der Waals surface area contributed by atoms with E-state index in [1.807, 2.05) is 11.3 Å². The summed E-state index contributed by atoms with van der Waals surface area (Å²) in [5.41, 5.74) is 16.9. The van der Waals surface area contributed by atoms with Crippen molar-refractivity contribution < 1.29 is 0 Å². The van der Waals surface area contributed by atoms with Crippen LogP contribution in [0, 0.1) is 0 Å². The topological polar surface area (TPSA) is 9.86 Å². The predicted molar refractivity (Wildman–Crippen MR) is 270 cm³/mol. The summed E-state index contributed by atoms with van der Waals surface area (Å²) in [4.78, 5) is 0. The van der Waals surface area contributed by atoms with Crippen molar-refractivity contribution in [1.29, 1.82) is 0 Å². The van der Waals surface area contributed by atoms with Crippen LogP contribution >= 0.6 is 11.3 Å². The van der Waals surface area contributed by atoms with E-state index in [4.69, 9.17) is 0 Å². The molecule has 0 atom stereocenters. The lowest BCUT2D eigenvalue weighted by Crippen LogP contribution is -1.94. The summed E-state index contributed by atoms with van der Waals surface area (Å²) < 4.78 is 7.48. The van der Waals surface area contributed by atoms with Gasteiger partial charge >= 0.3 is 0 Å². The second-order valence-corrected chi connectivity index (χ2v) is 17.6. The average molecular weight is 819 g/mol. The minimum atomic E-state index is 1.15. The fourth-order valence-corrected chi connectivity index (χ4v) is 11.0. The first-order valence-corrected chi connectivity index (χ1v) is 22.4. The molecule has 0 bridgehead atoms. The number of rotatable bonds is 6. The van der Waals surface area contributed by atoms with Crippen LogP contribution in [0.1, 0.15) is 0 Å². The summed E-state index contributed by atoms with van der Waals surface area (Å²) in [6.45, 7) is 0. The van der Waals surface area contributed by atoms with Crippen LogP contribution in [0.2, 0.25) is 0 Å². The standard InChI is InChI=1S/C60H38N2S/c1-2-11-39(12-3-1)44-13-10-14-45(35-44)46-29-34-57-52(36-46)49-15-4-7-18-55(49)61(57)47-30-25-42(26-31-47)40-21-23-41(24-22-40)43-27-32-48(33-28-43)62-56-19-8-5-16-50(56)53-37-54-51-17-6-9-20-59(51)63-60(54)38-58(53)62/h1-38H. The summed E-state index contributed by atoms with van der Waals surface area (Å²) in [5, 5.41) is 7.75. The van der Waals surface area contributed by atoms with Gasteiger partial charge < -0.3 is 9.13 Å². The third kappa shape index (κ3) is 5.85. The average Bonchev–Trinajstić information content (AvgIpc) is 4.00. The molecule has 0 fully saturated rings. The zero-order valence-electron chi connectivity index (χ0n) is 34.2. The zero-order valence-corrected chi connectivity index (χ0v) is 35.1. The fraction of sp³-hybridized carbons (Fsp3) is 0. The Morgan fingerprint density at radius 1 is 0.222 bits per heavy atom. The highest BCUT2D eigenvalue weighted by molar-refractivity contribution is 7.25. The lowest BCUT2D eigenvalue weighted by atomic mass is 9.98. The summed E-state index contributed by atoms with van der Waals surface area (Å²) >= 11 is 1.87. The van der Waals surface area contributed by atoms with Crippen LogP contribution in [-0.4, -0.2) is 9.13 Å². The molecular formula is C60H38N2S. The van der Waals surface area contributed by atoms with E-state index < -0.39 is 0 Å². The van der Waals surface area contributed by atoms with Crippen molar-refractivity contribution in [1.82, 2.24) is 9.13 Å². The number of para-hydroxylation sites is 2. The van der Waals surface area contributed by atoms with Gasteiger partial charge in [-0.25, -0.2) is 0 Å². The van der Waals surface area contributed by atoms with Crippen LogP contribution in [0.15, 0.2) is 231 Å². The molecule has 10 aromatic carbocycles. The molecule has 13 rings (SSSR count). The highest BCUT2D eigenvalue weighted by Crippen LogP contribution is 2.41. The van der Waals surface area contributed by atoms with Gasteiger partial charge in [0.15, 0.2) is 0 Å². The van der Waals surface area contributed by atoms with E-state index in [1.54, 1.807) is 0 Å². The second kappa shape index (κ2) is 14.3. The van der Waals surface area contributed by atoms with Crippen LogP contribution in [-0.2, 0) is 0 Å². The zero-order chi connectivity index (χ0) is 41.4. The lowest BCUT2D eigenvalue weighted by Gasteiger charge is -2.11. The molecule has 0 saturated carbocycles. The van der Waals surface area contributed by atoms with E-state index >= 15 is 0 Å². The van der Waals surface area contributed by atoms with Gasteiger partial charge in [0.1, 0.15) is 0 Å². The summed E-state index contributed by atoms with van der Waals surface area (Å²) in [5.74, 6) is 0. The number of aromatic nitrogens is 2. The molecule has 2 nitrogen and oxygen atoms in total. The van der Waals surface area contributed by atoms with E-state index in [2.05, 4.69) is 240 Å². The first-order chi connectivity index (χ1) is 31.2. The van der Waals surface area contributed by atoms with Gasteiger partial charge in [-0.15, -0.1) is 11.3 Å². The van der Waals surface area contributed by atoms with Crippen molar-refractivity contribution in [2.24, 2.45) is 0 Å². The summed E-state index contributed by atoms with van der Waals surface area (Å²) in [6, 6.07) is 84.5. The van der Waals surface area contributed by atoms with E-state index in [9.17, 15) is 0 Å². The number of nitrogens with zero attached hydrogens (tertiary/aromatic N) is 2. The Balaban J connectivity index is 0.797. The van der Waals surface area contributed by atoms with Crippen molar-refractivity contribution in [2.75, 3.05) is 0 Å². The number of benzene rings is 10. The Hall–Kier alpha value is -7.98. The molecule has 0 N–H and O–H groups in total. The van der Waals surface area contributed by atoms with Crippen molar-refractivity contribution in [3.05, 3.63) is 231 Å². The van der Waals surface area contributed by atoms with Crippen LogP contribution in [0.25, 0.3) is 120 Å². The Kier molecular flexibility index (Phi) is 8.12. The van der Waals surface area contributed by atoms with Gasteiger partial charge in [0.25, 0.3) is 0 Å². The van der Waals surface area contributed by atoms with Gasteiger partial charge in [0.2, 0.25) is 0 Å². The van der Waals surface area contributed by atoms with E-state index in [-0.39, 0.29) is 0 Å². The normalized spacial score (nSPS) is 11.8. The monoisotopic (exact) mass is 818 g/mol. The van der Waals surface area contributed by atoms with E-state index in [1.165, 1.54) is 114 Å². The minimum Gasteiger partial charge on any atom is -0.309 e. The maximum Gasteiger partial charge on any atom is 0.0555 e. The van der Waals surface area contributed by atoms with Crippen LogP contribution < -0.4 is 0 Å². The Bertz CT molecular complexity index is 3870. The Morgan fingerprint density at radius 3 is 1.29 bits per heavy atom. The molecule has 0 spiro atoms. The fourth-order valence-electron chi connectivity index (χ4n) is 9.87. The predicted octanol–water partition coefficient (Wildman–Crippen LogP) is 16.9. The summed E-state index contributed by atoms with van der Waals surface area (Å²) in [6.07, 6.45) is 0.